The number of anilines is 1. The number of piperazine rings is 1. The lowest BCUT2D eigenvalue weighted by atomic mass is 10.1. The topological polar surface area (TPSA) is 63.5 Å². The highest BCUT2D eigenvalue weighted by molar-refractivity contribution is 5.89. The van der Waals surface area contributed by atoms with E-state index < -0.39 is 0 Å². The SMILES string of the molecule is COc1ccc(-c2ccc(N3CCN(C(=O)Cc4cn(C)c5ccccc45)CC3)nn2)cc1. The van der Waals surface area contributed by atoms with Crippen LogP contribution in [0.4, 0.5) is 5.82 Å². The number of fused-ring (bicyclic) bond motifs is 1. The molecular formula is C26H27N5O2. The first-order chi connectivity index (χ1) is 16.1. The zero-order chi connectivity index (χ0) is 22.8. The normalized spacial score (nSPS) is 14.0. The third-order valence-corrected chi connectivity index (χ3v) is 6.31. The lowest BCUT2D eigenvalue weighted by molar-refractivity contribution is -0.130. The number of para-hydroxylation sites is 1. The Kier molecular flexibility index (Phi) is 5.69. The molecule has 5 rings (SSSR count). The molecule has 2 aromatic carbocycles. The fraction of sp³-hybridized carbons (Fsp3) is 0.269. The minimum atomic E-state index is 0.173. The van der Waals surface area contributed by atoms with E-state index >= 15 is 0 Å². The Morgan fingerprint density at radius 3 is 2.39 bits per heavy atom. The summed E-state index contributed by atoms with van der Waals surface area (Å²) < 4.78 is 7.30. The van der Waals surface area contributed by atoms with E-state index in [-0.39, 0.29) is 5.91 Å². The first kappa shape index (κ1) is 21.0. The van der Waals surface area contributed by atoms with Crippen LogP contribution in [0.15, 0.2) is 66.9 Å². The average Bonchev–Trinajstić information content (AvgIpc) is 3.19. The summed E-state index contributed by atoms with van der Waals surface area (Å²) in [7, 11) is 3.68. The van der Waals surface area contributed by atoms with Gasteiger partial charge in [0.05, 0.1) is 19.2 Å². The number of hydrogen-bond acceptors (Lipinski definition) is 5. The zero-order valence-corrected chi connectivity index (χ0v) is 18.9. The minimum absolute atomic E-state index is 0.173. The quantitative estimate of drug-likeness (QED) is 0.474. The molecule has 1 fully saturated rings. The zero-order valence-electron chi connectivity index (χ0n) is 18.9. The first-order valence-corrected chi connectivity index (χ1v) is 11.2. The summed E-state index contributed by atoms with van der Waals surface area (Å²) >= 11 is 0. The largest absolute Gasteiger partial charge is 0.497 e. The number of hydrogen-bond donors (Lipinski definition) is 0. The molecule has 7 heteroatoms. The van der Waals surface area contributed by atoms with Crippen molar-refractivity contribution in [2.24, 2.45) is 7.05 Å². The van der Waals surface area contributed by atoms with Crippen molar-refractivity contribution in [3.05, 3.63) is 72.4 Å². The van der Waals surface area contributed by atoms with Crippen LogP contribution in [0, 0.1) is 0 Å². The fourth-order valence-electron chi connectivity index (χ4n) is 4.44. The van der Waals surface area contributed by atoms with Gasteiger partial charge in [0.1, 0.15) is 5.75 Å². The summed E-state index contributed by atoms with van der Waals surface area (Å²) in [4.78, 5) is 17.1. The Balaban J connectivity index is 1.20. The number of carbonyl (C=O) groups excluding carboxylic acids is 1. The van der Waals surface area contributed by atoms with Crippen LogP contribution in [0.5, 0.6) is 5.75 Å². The number of aryl methyl sites for hydroxylation is 1. The molecule has 0 saturated carbocycles. The van der Waals surface area contributed by atoms with E-state index in [9.17, 15) is 4.79 Å². The predicted molar refractivity (Wildman–Crippen MR) is 129 cm³/mol. The number of ether oxygens (including phenoxy) is 1. The number of nitrogens with zero attached hydrogens (tertiary/aromatic N) is 5. The van der Waals surface area contributed by atoms with E-state index in [0.717, 1.165) is 52.4 Å². The van der Waals surface area contributed by atoms with Gasteiger partial charge in [0.25, 0.3) is 0 Å². The van der Waals surface area contributed by atoms with Gasteiger partial charge in [-0.3, -0.25) is 4.79 Å². The van der Waals surface area contributed by atoms with Crippen LogP contribution in [0.2, 0.25) is 0 Å². The van der Waals surface area contributed by atoms with Crippen molar-refractivity contribution in [3.8, 4) is 17.0 Å². The van der Waals surface area contributed by atoms with Crippen LogP contribution in [-0.4, -0.2) is 58.9 Å². The van der Waals surface area contributed by atoms with Crippen LogP contribution < -0.4 is 9.64 Å². The van der Waals surface area contributed by atoms with E-state index in [4.69, 9.17) is 4.74 Å². The second-order valence-electron chi connectivity index (χ2n) is 8.33. The molecule has 0 radical (unpaired) electrons. The van der Waals surface area contributed by atoms with Gasteiger partial charge in [-0.05, 0) is 48.0 Å². The highest BCUT2D eigenvalue weighted by Crippen LogP contribution is 2.23. The summed E-state index contributed by atoms with van der Waals surface area (Å²) in [5.74, 6) is 1.83. The molecule has 7 nitrogen and oxygen atoms in total. The third kappa shape index (κ3) is 4.26. The fourth-order valence-corrected chi connectivity index (χ4v) is 4.44. The third-order valence-electron chi connectivity index (χ3n) is 6.31. The second-order valence-corrected chi connectivity index (χ2v) is 8.33. The number of carbonyl (C=O) groups is 1. The van der Waals surface area contributed by atoms with Crippen molar-refractivity contribution in [2.45, 2.75) is 6.42 Å². The number of amides is 1. The molecule has 0 aliphatic carbocycles. The molecular weight excluding hydrogens is 414 g/mol. The van der Waals surface area contributed by atoms with Gasteiger partial charge in [-0.15, -0.1) is 10.2 Å². The van der Waals surface area contributed by atoms with Gasteiger partial charge in [0.2, 0.25) is 5.91 Å². The van der Waals surface area contributed by atoms with E-state index in [1.54, 1.807) is 7.11 Å². The molecule has 168 valence electrons. The summed E-state index contributed by atoms with van der Waals surface area (Å²) in [5.41, 5.74) is 4.06. The summed E-state index contributed by atoms with van der Waals surface area (Å²) in [6.07, 6.45) is 2.50. The van der Waals surface area contributed by atoms with Crippen molar-refractivity contribution >= 4 is 22.6 Å². The van der Waals surface area contributed by atoms with Gasteiger partial charge in [-0.2, -0.15) is 0 Å². The molecule has 1 amide bonds. The van der Waals surface area contributed by atoms with Gasteiger partial charge in [0.15, 0.2) is 5.82 Å². The van der Waals surface area contributed by atoms with Crippen molar-refractivity contribution in [1.82, 2.24) is 19.7 Å². The van der Waals surface area contributed by atoms with Gasteiger partial charge in [-0.1, -0.05) is 18.2 Å². The smallest absolute Gasteiger partial charge is 0.227 e. The monoisotopic (exact) mass is 441 g/mol. The maximum Gasteiger partial charge on any atom is 0.227 e. The Bertz CT molecular complexity index is 1260. The molecule has 1 saturated heterocycles. The molecule has 2 aromatic heterocycles. The molecule has 0 atom stereocenters. The van der Waals surface area contributed by atoms with E-state index in [0.29, 0.717) is 19.5 Å². The standard InChI is InChI=1S/C26H27N5O2/c1-29-18-20(22-5-3-4-6-24(22)29)17-26(32)31-15-13-30(14-16-31)25-12-11-23(27-28-25)19-7-9-21(33-2)10-8-19/h3-12,18H,13-17H2,1-2H3. The van der Waals surface area contributed by atoms with Crippen molar-refractivity contribution in [1.29, 1.82) is 0 Å². The summed E-state index contributed by atoms with van der Waals surface area (Å²) in [6, 6.07) is 20.0. The van der Waals surface area contributed by atoms with Crippen molar-refractivity contribution in [3.63, 3.8) is 0 Å². The van der Waals surface area contributed by atoms with Gasteiger partial charge < -0.3 is 19.1 Å². The summed E-state index contributed by atoms with van der Waals surface area (Å²) in [6.45, 7) is 2.87. The van der Waals surface area contributed by atoms with Crippen LogP contribution in [0.1, 0.15) is 5.56 Å². The minimum Gasteiger partial charge on any atom is -0.497 e. The van der Waals surface area contributed by atoms with Crippen molar-refractivity contribution in [2.75, 3.05) is 38.2 Å². The van der Waals surface area contributed by atoms with E-state index in [1.807, 2.05) is 60.5 Å². The van der Waals surface area contributed by atoms with E-state index in [1.165, 1.54) is 0 Å². The second kappa shape index (κ2) is 8.94. The lowest BCUT2D eigenvalue weighted by Gasteiger charge is -2.35. The first-order valence-electron chi connectivity index (χ1n) is 11.2. The Morgan fingerprint density at radius 2 is 1.70 bits per heavy atom. The Hall–Kier alpha value is -3.87. The van der Waals surface area contributed by atoms with Crippen LogP contribution >= 0.6 is 0 Å². The average molecular weight is 442 g/mol. The molecule has 0 N–H and O–H groups in total. The van der Waals surface area contributed by atoms with Gasteiger partial charge in [0, 0.05) is 55.9 Å². The van der Waals surface area contributed by atoms with Gasteiger partial charge in [-0.25, -0.2) is 0 Å². The van der Waals surface area contributed by atoms with Crippen LogP contribution in [-0.2, 0) is 18.3 Å². The lowest BCUT2D eigenvalue weighted by Crippen LogP contribution is -2.49. The van der Waals surface area contributed by atoms with Gasteiger partial charge >= 0.3 is 0 Å². The summed E-state index contributed by atoms with van der Waals surface area (Å²) in [5, 5.41) is 9.99. The predicted octanol–water partition coefficient (Wildman–Crippen LogP) is 3.54. The van der Waals surface area contributed by atoms with Crippen LogP contribution in [0.25, 0.3) is 22.2 Å². The molecule has 4 aromatic rings. The molecule has 0 spiro atoms. The number of methoxy groups -OCH3 is 1. The number of rotatable bonds is 5. The Morgan fingerprint density at radius 1 is 0.939 bits per heavy atom. The van der Waals surface area contributed by atoms with E-state index in [2.05, 4.69) is 38.0 Å². The maximum atomic E-state index is 13.0. The van der Waals surface area contributed by atoms with Crippen LogP contribution in [0.3, 0.4) is 0 Å². The molecule has 0 unspecified atom stereocenters. The maximum absolute atomic E-state index is 13.0. The number of benzene rings is 2. The molecule has 3 heterocycles. The molecule has 33 heavy (non-hydrogen) atoms. The van der Waals surface area contributed by atoms with Crippen molar-refractivity contribution < 1.29 is 9.53 Å². The molecule has 0 bridgehead atoms. The highest BCUT2D eigenvalue weighted by Gasteiger charge is 2.23. The Labute approximate surface area is 193 Å². The molecule has 1 aliphatic heterocycles. The highest BCUT2D eigenvalue weighted by atomic mass is 16.5. The molecule has 1 aliphatic rings. The number of aromatic nitrogens is 3.